The number of hydrogen-bond acceptors (Lipinski definition) is 7. The Bertz CT molecular complexity index is 1630. The van der Waals surface area contributed by atoms with Gasteiger partial charge in [0, 0.05) is 22.1 Å². The maximum Gasteiger partial charge on any atom is 0.345 e. The number of hydrogen-bond donors (Lipinski definition) is 2. The van der Waals surface area contributed by atoms with Crippen LogP contribution in [0.15, 0.2) is 73.1 Å². The van der Waals surface area contributed by atoms with Gasteiger partial charge in [-0.1, -0.05) is 12.2 Å². The Hall–Kier alpha value is -4.73. The topological polar surface area (TPSA) is 113 Å². The molecule has 0 aliphatic carbocycles. The Labute approximate surface area is 232 Å². The molecule has 7 nitrogen and oxygen atoms in total. The van der Waals surface area contributed by atoms with Crippen LogP contribution >= 0.6 is 22.7 Å². The molecule has 5 aromatic heterocycles. The zero-order chi connectivity index (χ0) is 27.4. The summed E-state index contributed by atoms with van der Waals surface area (Å²) in [5.41, 5.74) is 5.70. The van der Waals surface area contributed by atoms with Crippen molar-refractivity contribution < 1.29 is 19.8 Å². The fourth-order valence-electron chi connectivity index (χ4n) is 3.78. The van der Waals surface area contributed by atoms with Crippen molar-refractivity contribution in [2.45, 2.75) is 6.92 Å². The van der Waals surface area contributed by atoms with Crippen molar-refractivity contribution >= 4 is 58.9 Å². The van der Waals surface area contributed by atoms with E-state index in [1.165, 1.54) is 22.7 Å². The minimum Gasteiger partial charge on any atom is -0.477 e. The van der Waals surface area contributed by atoms with E-state index in [4.69, 9.17) is 15.2 Å². The second-order valence-electron chi connectivity index (χ2n) is 8.54. The number of pyridine rings is 3. The van der Waals surface area contributed by atoms with Gasteiger partial charge in [0.2, 0.25) is 0 Å². The molecular weight excluding hydrogens is 530 g/mol. The number of aryl methyl sites for hydroxylation is 1. The SMILES string of the molecule is Cc1cc(-c2cc(/C=C/c3ccc(C(=O)O)s3)ccn2)nc(-c2cc(/C=C/c3ccc(C(=O)O)s3)ccn2)c1. The molecule has 2 N–H and O–H groups in total. The summed E-state index contributed by atoms with van der Waals surface area (Å²) in [6, 6.07) is 18.3. The van der Waals surface area contributed by atoms with E-state index < -0.39 is 11.9 Å². The lowest BCUT2D eigenvalue weighted by atomic mass is 10.1. The van der Waals surface area contributed by atoms with E-state index in [0.29, 0.717) is 32.5 Å². The number of aromatic nitrogens is 3. The van der Waals surface area contributed by atoms with Gasteiger partial charge in [-0.05, 0) is 96.4 Å². The van der Waals surface area contributed by atoms with Gasteiger partial charge in [0.1, 0.15) is 9.75 Å². The van der Waals surface area contributed by atoms with Gasteiger partial charge < -0.3 is 10.2 Å². The van der Waals surface area contributed by atoms with E-state index in [0.717, 1.165) is 26.4 Å². The predicted molar refractivity (Wildman–Crippen MR) is 156 cm³/mol. The fraction of sp³-hybridized carbons (Fsp3) is 0.0333. The molecule has 39 heavy (non-hydrogen) atoms. The lowest BCUT2D eigenvalue weighted by Gasteiger charge is -2.08. The van der Waals surface area contributed by atoms with Crippen molar-refractivity contribution in [1.29, 1.82) is 0 Å². The van der Waals surface area contributed by atoms with Crippen LogP contribution in [0.25, 0.3) is 47.1 Å². The van der Waals surface area contributed by atoms with Crippen LogP contribution in [-0.2, 0) is 0 Å². The largest absolute Gasteiger partial charge is 0.477 e. The average Bonchev–Trinajstić information content (AvgIpc) is 3.61. The molecule has 5 rings (SSSR count). The Kier molecular flexibility index (Phi) is 7.53. The van der Waals surface area contributed by atoms with Crippen LogP contribution in [0, 0.1) is 6.92 Å². The molecule has 0 aliphatic heterocycles. The lowest BCUT2D eigenvalue weighted by Crippen LogP contribution is -1.94. The van der Waals surface area contributed by atoms with Gasteiger partial charge in [0.05, 0.1) is 22.8 Å². The summed E-state index contributed by atoms with van der Waals surface area (Å²) in [5.74, 6) is -1.86. The molecule has 0 saturated heterocycles. The highest BCUT2D eigenvalue weighted by Gasteiger charge is 2.10. The molecule has 9 heteroatoms. The third-order valence-corrected chi connectivity index (χ3v) is 7.69. The molecule has 0 aliphatic rings. The Morgan fingerprint density at radius 1 is 0.641 bits per heavy atom. The first-order chi connectivity index (χ1) is 18.8. The summed E-state index contributed by atoms with van der Waals surface area (Å²) in [6.45, 7) is 2.00. The number of carboxylic acid groups (broad SMARTS) is 2. The van der Waals surface area contributed by atoms with Crippen LogP contribution in [0.4, 0.5) is 0 Å². The molecule has 0 unspecified atom stereocenters. The van der Waals surface area contributed by atoms with E-state index in [9.17, 15) is 9.59 Å². The van der Waals surface area contributed by atoms with E-state index in [-0.39, 0.29) is 0 Å². The number of rotatable bonds is 8. The third-order valence-electron chi connectivity index (χ3n) is 5.62. The average molecular weight is 552 g/mol. The van der Waals surface area contributed by atoms with E-state index in [1.807, 2.05) is 67.6 Å². The normalized spacial score (nSPS) is 11.4. The molecule has 0 amide bonds. The first-order valence-corrected chi connectivity index (χ1v) is 13.4. The number of nitrogens with zero attached hydrogens (tertiary/aromatic N) is 3. The standard InChI is InChI=1S/C30H21N3O4S2/c1-18-14-25(23-16-19(10-12-31-23)2-4-21-6-8-27(38-21)29(34)35)33-26(15-18)24-17-20(11-13-32-24)3-5-22-7-9-28(39-22)30(36)37/h2-17H,1H3,(H,34,35)(H,36,37)/b4-2+,5-3+. The monoisotopic (exact) mass is 551 g/mol. The Morgan fingerprint density at radius 2 is 1.10 bits per heavy atom. The van der Waals surface area contributed by atoms with E-state index >= 15 is 0 Å². The summed E-state index contributed by atoms with van der Waals surface area (Å²) < 4.78 is 0. The summed E-state index contributed by atoms with van der Waals surface area (Å²) in [4.78, 5) is 38.4. The van der Waals surface area contributed by atoms with Crippen LogP contribution in [-0.4, -0.2) is 37.1 Å². The van der Waals surface area contributed by atoms with Crippen LogP contribution < -0.4 is 0 Å². The molecule has 0 aromatic carbocycles. The van der Waals surface area contributed by atoms with Crippen molar-refractivity contribution in [1.82, 2.24) is 15.0 Å². The highest BCUT2D eigenvalue weighted by atomic mass is 32.1. The Morgan fingerprint density at radius 3 is 1.51 bits per heavy atom. The molecule has 0 fully saturated rings. The summed E-state index contributed by atoms with van der Waals surface area (Å²) >= 11 is 2.44. The van der Waals surface area contributed by atoms with Gasteiger partial charge in [-0.3, -0.25) is 9.97 Å². The van der Waals surface area contributed by atoms with Gasteiger partial charge in [0.15, 0.2) is 0 Å². The van der Waals surface area contributed by atoms with Gasteiger partial charge in [-0.15, -0.1) is 22.7 Å². The van der Waals surface area contributed by atoms with Crippen LogP contribution in [0.1, 0.15) is 45.8 Å². The molecule has 0 radical (unpaired) electrons. The van der Waals surface area contributed by atoms with E-state index in [1.54, 1.807) is 36.7 Å². The maximum absolute atomic E-state index is 11.1. The lowest BCUT2D eigenvalue weighted by molar-refractivity contribution is 0.0691. The van der Waals surface area contributed by atoms with Crippen molar-refractivity contribution in [2.24, 2.45) is 0 Å². The third kappa shape index (κ3) is 6.40. The minimum absolute atomic E-state index is 0.300. The molecule has 5 aromatic rings. The molecule has 0 bridgehead atoms. The van der Waals surface area contributed by atoms with Crippen molar-refractivity contribution in [2.75, 3.05) is 0 Å². The van der Waals surface area contributed by atoms with Crippen molar-refractivity contribution in [3.8, 4) is 22.8 Å². The molecular formula is C30H21N3O4S2. The highest BCUT2D eigenvalue weighted by molar-refractivity contribution is 7.15. The van der Waals surface area contributed by atoms with Crippen molar-refractivity contribution in [3.63, 3.8) is 0 Å². The number of carboxylic acids is 2. The first-order valence-electron chi connectivity index (χ1n) is 11.8. The van der Waals surface area contributed by atoms with Crippen LogP contribution in [0.2, 0.25) is 0 Å². The second kappa shape index (κ2) is 11.3. The summed E-state index contributed by atoms with van der Waals surface area (Å²) in [5, 5.41) is 18.3. The highest BCUT2D eigenvalue weighted by Crippen LogP contribution is 2.26. The number of thiophene rings is 2. The number of aromatic carboxylic acids is 2. The maximum atomic E-state index is 11.1. The molecule has 0 atom stereocenters. The summed E-state index contributed by atoms with van der Waals surface area (Å²) in [7, 11) is 0. The smallest absolute Gasteiger partial charge is 0.345 e. The van der Waals surface area contributed by atoms with Crippen molar-refractivity contribution in [3.05, 3.63) is 109 Å². The fourth-order valence-corrected chi connectivity index (χ4v) is 5.28. The zero-order valence-corrected chi connectivity index (χ0v) is 22.2. The van der Waals surface area contributed by atoms with Gasteiger partial charge in [-0.2, -0.15) is 0 Å². The van der Waals surface area contributed by atoms with Crippen LogP contribution in [0.5, 0.6) is 0 Å². The molecule has 0 spiro atoms. The summed E-state index contributed by atoms with van der Waals surface area (Å²) in [6.07, 6.45) is 11.0. The minimum atomic E-state index is -0.930. The van der Waals surface area contributed by atoms with Gasteiger partial charge in [0.25, 0.3) is 0 Å². The Balaban J connectivity index is 1.39. The van der Waals surface area contributed by atoms with Crippen LogP contribution in [0.3, 0.4) is 0 Å². The molecule has 192 valence electrons. The van der Waals surface area contributed by atoms with E-state index in [2.05, 4.69) is 9.97 Å². The second-order valence-corrected chi connectivity index (χ2v) is 10.8. The predicted octanol–water partition coefficient (Wildman–Crippen LogP) is 7.37. The molecule has 5 heterocycles. The quantitative estimate of drug-likeness (QED) is 0.207. The van der Waals surface area contributed by atoms with Gasteiger partial charge in [-0.25, -0.2) is 14.6 Å². The zero-order valence-electron chi connectivity index (χ0n) is 20.6. The molecule has 0 saturated carbocycles. The number of carbonyl (C=O) groups is 2. The van der Waals surface area contributed by atoms with Gasteiger partial charge >= 0.3 is 11.9 Å². The first kappa shape index (κ1) is 25.9.